The summed E-state index contributed by atoms with van der Waals surface area (Å²) in [5.74, 6) is 0.207. The smallest absolute Gasteiger partial charge is 0.294 e. The van der Waals surface area contributed by atoms with Crippen molar-refractivity contribution in [1.29, 1.82) is 0 Å². The van der Waals surface area contributed by atoms with Crippen LogP contribution in [0.25, 0.3) is 0 Å². The van der Waals surface area contributed by atoms with Crippen LogP contribution in [-0.4, -0.2) is 40.9 Å². The lowest BCUT2D eigenvalue weighted by molar-refractivity contribution is 0.481. The Morgan fingerprint density at radius 1 is 0.679 bits per heavy atom. The first-order valence-corrected chi connectivity index (χ1v) is 10.3. The van der Waals surface area contributed by atoms with Gasteiger partial charge in [-0.25, -0.2) is 0 Å². The molecular formula is C15H12N5O6S2. The van der Waals surface area contributed by atoms with Crippen LogP contribution >= 0.6 is 0 Å². The Hall–Kier alpha value is -3.13. The van der Waals surface area contributed by atoms with E-state index in [1.165, 1.54) is 48.5 Å². The fourth-order valence-electron chi connectivity index (χ4n) is 2.06. The summed E-state index contributed by atoms with van der Waals surface area (Å²) in [6.45, 7) is 0. The lowest BCUT2D eigenvalue weighted by Crippen LogP contribution is -2.04. The van der Waals surface area contributed by atoms with Crippen molar-refractivity contribution in [2.45, 2.75) is 9.79 Å². The van der Waals surface area contributed by atoms with Crippen LogP contribution in [0.2, 0.25) is 0 Å². The zero-order chi connectivity index (χ0) is 20.4. The zero-order valence-electron chi connectivity index (χ0n) is 13.8. The van der Waals surface area contributed by atoms with Crippen molar-refractivity contribution < 1.29 is 25.9 Å². The van der Waals surface area contributed by atoms with Gasteiger partial charge in [-0.2, -0.15) is 31.8 Å². The number of anilines is 4. The molecule has 0 spiro atoms. The third-order valence-electron chi connectivity index (χ3n) is 3.34. The summed E-state index contributed by atoms with van der Waals surface area (Å²) >= 11 is 0. The van der Waals surface area contributed by atoms with Crippen molar-refractivity contribution in [1.82, 2.24) is 15.0 Å². The maximum atomic E-state index is 11.0. The van der Waals surface area contributed by atoms with E-state index in [4.69, 9.17) is 9.11 Å². The molecule has 3 aromatic rings. The quantitative estimate of drug-likeness (QED) is 0.426. The molecule has 0 saturated heterocycles. The summed E-state index contributed by atoms with van der Waals surface area (Å²) in [6, 6.07) is 10.5. The number of aromatic nitrogens is 3. The highest BCUT2D eigenvalue weighted by Gasteiger charge is 2.10. The largest absolute Gasteiger partial charge is 0.324 e. The Morgan fingerprint density at radius 3 is 1.36 bits per heavy atom. The molecule has 0 aliphatic carbocycles. The molecule has 2 aromatic carbocycles. The second kappa shape index (κ2) is 7.47. The number of hydrogen-bond donors (Lipinski definition) is 4. The summed E-state index contributed by atoms with van der Waals surface area (Å²) < 4.78 is 62.1. The maximum absolute atomic E-state index is 11.0. The van der Waals surface area contributed by atoms with E-state index in [9.17, 15) is 16.8 Å². The van der Waals surface area contributed by atoms with Crippen LogP contribution < -0.4 is 10.6 Å². The average molecular weight is 422 g/mol. The van der Waals surface area contributed by atoms with Gasteiger partial charge >= 0.3 is 0 Å². The Balaban J connectivity index is 1.73. The zero-order valence-corrected chi connectivity index (χ0v) is 15.4. The number of nitrogens with zero attached hydrogens (tertiary/aromatic N) is 3. The highest BCUT2D eigenvalue weighted by molar-refractivity contribution is 7.86. The molecule has 0 aliphatic rings. The third-order valence-corrected chi connectivity index (χ3v) is 5.08. The van der Waals surface area contributed by atoms with Gasteiger partial charge in [0, 0.05) is 11.4 Å². The van der Waals surface area contributed by atoms with E-state index in [1.54, 1.807) is 0 Å². The molecule has 11 nitrogen and oxygen atoms in total. The van der Waals surface area contributed by atoms with Gasteiger partial charge in [-0.15, -0.1) is 0 Å². The van der Waals surface area contributed by atoms with Gasteiger partial charge in [0.1, 0.15) is 0 Å². The van der Waals surface area contributed by atoms with E-state index in [1.807, 2.05) is 0 Å². The Bertz CT molecular complexity index is 1100. The number of rotatable bonds is 6. The third kappa shape index (κ3) is 4.98. The van der Waals surface area contributed by atoms with Crippen molar-refractivity contribution in [3.05, 3.63) is 54.9 Å². The lowest BCUT2D eigenvalue weighted by atomic mass is 10.3. The Morgan fingerprint density at radius 2 is 1.04 bits per heavy atom. The predicted molar refractivity (Wildman–Crippen MR) is 97.7 cm³/mol. The van der Waals surface area contributed by atoms with Crippen molar-refractivity contribution in [3.63, 3.8) is 0 Å². The van der Waals surface area contributed by atoms with Crippen molar-refractivity contribution in [2.24, 2.45) is 0 Å². The molecule has 0 amide bonds. The molecule has 3 rings (SSSR count). The van der Waals surface area contributed by atoms with Gasteiger partial charge in [0.25, 0.3) is 20.2 Å². The van der Waals surface area contributed by atoms with Crippen LogP contribution in [0.3, 0.4) is 0 Å². The minimum absolute atomic E-state index is 0.103. The van der Waals surface area contributed by atoms with Gasteiger partial charge in [0.2, 0.25) is 18.2 Å². The SMILES string of the molecule is O=S(=O)(O)c1ccc(Nc2n[c]nc(Nc3ccc(S(=O)(=O)O)cc3)n2)cc1. The van der Waals surface area contributed by atoms with Gasteiger partial charge in [-0.1, -0.05) is 0 Å². The summed E-state index contributed by atoms with van der Waals surface area (Å²) in [5, 5.41) is 5.63. The van der Waals surface area contributed by atoms with Crippen LogP contribution in [0, 0.1) is 6.33 Å². The van der Waals surface area contributed by atoms with Crippen LogP contribution in [0.5, 0.6) is 0 Å². The molecule has 28 heavy (non-hydrogen) atoms. The number of nitrogens with one attached hydrogen (secondary N) is 2. The molecule has 0 fully saturated rings. The molecule has 4 N–H and O–H groups in total. The standard InChI is InChI=1S/C15H12N5O6S2/c21-27(22,23)12-5-1-10(2-6-12)18-14-16-9-17-15(20-14)19-11-3-7-13(8-4-11)28(24,25)26/h1-8H,(H,21,22,23)(H,24,25,26)(H2,16,17,18,19,20). The molecule has 0 atom stereocenters. The second-order valence-corrected chi connectivity index (χ2v) is 8.17. The molecule has 0 bridgehead atoms. The maximum Gasteiger partial charge on any atom is 0.294 e. The van der Waals surface area contributed by atoms with Crippen molar-refractivity contribution >= 4 is 43.5 Å². The van der Waals surface area contributed by atoms with Crippen LogP contribution in [0.15, 0.2) is 58.3 Å². The first kappa shape index (κ1) is 19.6. The fraction of sp³-hybridized carbons (Fsp3) is 0. The van der Waals surface area contributed by atoms with E-state index >= 15 is 0 Å². The van der Waals surface area contributed by atoms with E-state index in [0.717, 1.165) is 0 Å². The van der Waals surface area contributed by atoms with Crippen LogP contribution in [0.4, 0.5) is 23.3 Å². The molecule has 1 aromatic heterocycles. The topological polar surface area (TPSA) is 171 Å². The predicted octanol–water partition coefficient (Wildman–Crippen LogP) is 1.65. The first-order valence-electron chi connectivity index (χ1n) is 7.42. The first-order chi connectivity index (χ1) is 13.1. The lowest BCUT2D eigenvalue weighted by Gasteiger charge is -2.08. The van der Waals surface area contributed by atoms with Gasteiger partial charge < -0.3 is 10.6 Å². The number of hydrogen-bond acceptors (Lipinski definition) is 9. The van der Waals surface area contributed by atoms with Gasteiger partial charge in [-0.05, 0) is 48.5 Å². The summed E-state index contributed by atoms with van der Waals surface area (Å²) in [7, 11) is -8.57. The monoisotopic (exact) mass is 422 g/mol. The van der Waals surface area contributed by atoms with Crippen LogP contribution in [-0.2, 0) is 20.2 Å². The van der Waals surface area contributed by atoms with E-state index in [2.05, 4.69) is 31.9 Å². The van der Waals surface area contributed by atoms with Crippen molar-refractivity contribution in [3.8, 4) is 0 Å². The van der Waals surface area contributed by atoms with Gasteiger partial charge in [0.15, 0.2) is 0 Å². The molecule has 13 heteroatoms. The minimum Gasteiger partial charge on any atom is -0.324 e. The van der Waals surface area contributed by atoms with E-state index in [-0.39, 0.29) is 21.7 Å². The molecule has 145 valence electrons. The molecule has 0 unspecified atom stereocenters. The second-order valence-electron chi connectivity index (χ2n) is 5.33. The fourth-order valence-corrected chi connectivity index (χ4v) is 3.02. The molecule has 1 radical (unpaired) electrons. The molecular weight excluding hydrogens is 410 g/mol. The van der Waals surface area contributed by atoms with E-state index in [0.29, 0.717) is 11.4 Å². The molecule has 0 saturated carbocycles. The number of benzene rings is 2. The highest BCUT2D eigenvalue weighted by Crippen LogP contribution is 2.19. The summed E-state index contributed by atoms with van der Waals surface area (Å²) in [4.78, 5) is 11.2. The van der Waals surface area contributed by atoms with Crippen LogP contribution in [0.1, 0.15) is 0 Å². The van der Waals surface area contributed by atoms with Gasteiger partial charge in [0.05, 0.1) is 9.79 Å². The molecule has 1 heterocycles. The summed E-state index contributed by atoms with van der Waals surface area (Å²) in [6.07, 6.45) is 2.38. The Kier molecular flexibility index (Phi) is 5.24. The molecule has 0 aliphatic heterocycles. The normalized spacial score (nSPS) is 11.8. The minimum atomic E-state index is -4.28. The average Bonchev–Trinajstić information content (AvgIpc) is 2.61. The van der Waals surface area contributed by atoms with Crippen molar-refractivity contribution in [2.75, 3.05) is 10.6 Å². The Labute approximate surface area is 160 Å². The van der Waals surface area contributed by atoms with Gasteiger partial charge in [-0.3, -0.25) is 9.11 Å². The summed E-state index contributed by atoms with van der Waals surface area (Å²) in [5.41, 5.74) is 0.908. The van der Waals surface area contributed by atoms with E-state index < -0.39 is 20.2 Å². The highest BCUT2D eigenvalue weighted by atomic mass is 32.2.